The molecule has 0 saturated heterocycles. The molecule has 2 heterocycles. The highest BCUT2D eigenvalue weighted by Crippen LogP contribution is 2.30. The molecule has 7 nitrogen and oxygen atoms in total. The predicted molar refractivity (Wildman–Crippen MR) is 115 cm³/mol. The van der Waals surface area contributed by atoms with Gasteiger partial charge >= 0.3 is 0 Å². The SMILES string of the molecule is CCCCc1nn(C)c(C=O)c1Cc1ccc(-c2ccccc2-c2nn[nH]n2)cc1. The molecule has 0 aliphatic rings. The average Bonchev–Trinajstić information content (AvgIpc) is 3.41. The van der Waals surface area contributed by atoms with Gasteiger partial charge < -0.3 is 0 Å². The van der Waals surface area contributed by atoms with Gasteiger partial charge in [0, 0.05) is 24.6 Å². The zero-order valence-electron chi connectivity index (χ0n) is 17.2. The first-order valence-electron chi connectivity index (χ1n) is 10.1. The number of tetrazole rings is 1. The zero-order chi connectivity index (χ0) is 20.9. The Morgan fingerprint density at radius 2 is 1.83 bits per heavy atom. The molecule has 7 heteroatoms. The number of aldehydes is 1. The number of hydrogen-bond acceptors (Lipinski definition) is 5. The first-order chi connectivity index (χ1) is 14.7. The number of aryl methyl sites for hydroxylation is 2. The van der Waals surface area contributed by atoms with Crippen molar-refractivity contribution in [3.05, 3.63) is 71.0 Å². The quantitative estimate of drug-likeness (QED) is 0.451. The van der Waals surface area contributed by atoms with E-state index in [1.807, 2.05) is 25.2 Å². The van der Waals surface area contributed by atoms with Gasteiger partial charge in [0.25, 0.3) is 0 Å². The standard InChI is InChI=1S/C23H24N6O/c1-3-4-9-21-20(22(15-30)29(2)26-21)14-16-10-12-17(13-11-16)18-7-5-6-8-19(18)23-24-27-28-25-23/h5-8,10-13,15H,3-4,9,14H2,1-2H3,(H,24,25,27,28). The Morgan fingerprint density at radius 1 is 1.07 bits per heavy atom. The zero-order valence-corrected chi connectivity index (χ0v) is 17.2. The van der Waals surface area contributed by atoms with Crippen LogP contribution in [-0.4, -0.2) is 36.7 Å². The Hall–Kier alpha value is -3.61. The highest BCUT2D eigenvalue weighted by molar-refractivity contribution is 5.80. The predicted octanol–water partition coefficient (Wildman–Crippen LogP) is 4.01. The van der Waals surface area contributed by atoms with E-state index < -0.39 is 0 Å². The van der Waals surface area contributed by atoms with E-state index in [-0.39, 0.29) is 0 Å². The molecular formula is C23H24N6O. The second-order valence-corrected chi connectivity index (χ2v) is 7.31. The molecule has 1 N–H and O–H groups in total. The maximum Gasteiger partial charge on any atom is 0.205 e. The van der Waals surface area contributed by atoms with E-state index in [0.29, 0.717) is 17.9 Å². The number of nitrogens with zero attached hydrogens (tertiary/aromatic N) is 5. The molecule has 4 aromatic rings. The highest BCUT2D eigenvalue weighted by Gasteiger charge is 2.16. The molecule has 0 aliphatic carbocycles. The van der Waals surface area contributed by atoms with E-state index in [1.165, 1.54) is 0 Å². The Bertz CT molecular complexity index is 1130. The van der Waals surface area contributed by atoms with E-state index in [2.05, 4.69) is 63.0 Å². The molecule has 0 fully saturated rings. The van der Waals surface area contributed by atoms with Gasteiger partial charge in [-0.05, 0) is 34.7 Å². The first-order valence-corrected chi connectivity index (χ1v) is 10.1. The van der Waals surface area contributed by atoms with Crippen molar-refractivity contribution >= 4 is 6.29 Å². The van der Waals surface area contributed by atoms with Gasteiger partial charge in [0.15, 0.2) is 6.29 Å². The van der Waals surface area contributed by atoms with E-state index in [9.17, 15) is 4.79 Å². The van der Waals surface area contributed by atoms with Crippen LogP contribution >= 0.6 is 0 Å². The molecule has 2 aromatic carbocycles. The van der Waals surface area contributed by atoms with Crippen LogP contribution in [0.3, 0.4) is 0 Å². The van der Waals surface area contributed by atoms with Crippen LogP contribution < -0.4 is 0 Å². The van der Waals surface area contributed by atoms with Gasteiger partial charge in [0.2, 0.25) is 5.82 Å². The lowest BCUT2D eigenvalue weighted by atomic mass is 9.96. The van der Waals surface area contributed by atoms with Crippen LogP contribution in [0, 0.1) is 0 Å². The summed E-state index contributed by atoms with van der Waals surface area (Å²) in [4.78, 5) is 11.6. The minimum atomic E-state index is 0.571. The van der Waals surface area contributed by atoms with Crippen molar-refractivity contribution in [2.75, 3.05) is 0 Å². The van der Waals surface area contributed by atoms with Crippen LogP contribution in [0.5, 0.6) is 0 Å². The number of nitrogens with one attached hydrogen (secondary N) is 1. The highest BCUT2D eigenvalue weighted by atomic mass is 16.1. The number of rotatable bonds is 8. The van der Waals surface area contributed by atoms with Crippen molar-refractivity contribution in [3.63, 3.8) is 0 Å². The van der Waals surface area contributed by atoms with Gasteiger partial charge in [-0.25, -0.2) is 0 Å². The van der Waals surface area contributed by atoms with E-state index in [4.69, 9.17) is 0 Å². The number of aromatic nitrogens is 6. The van der Waals surface area contributed by atoms with Crippen LogP contribution in [0.2, 0.25) is 0 Å². The molecule has 152 valence electrons. The Labute approximate surface area is 175 Å². The molecule has 30 heavy (non-hydrogen) atoms. The van der Waals surface area contributed by atoms with Crippen molar-refractivity contribution in [2.24, 2.45) is 7.05 Å². The second-order valence-electron chi connectivity index (χ2n) is 7.31. The number of benzene rings is 2. The number of carbonyl (C=O) groups excluding carboxylic acids is 1. The van der Waals surface area contributed by atoms with Crippen molar-refractivity contribution in [2.45, 2.75) is 32.6 Å². The summed E-state index contributed by atoms with van der Waals surface area (Å²) in [6.07, 6.45) is 4.65. The van der Waals surface area contributed by atoms with Crippen LogP contribution in [-0.2, 0) is 19.9 Å². The Morgan fingerprint density at radius 3 is 2.50 bits per heavy atom. The van der Waals surface area contributed by atoms with Gasteiger partial charge in [-0.2, -0.15) is 10.3 Å². The lowest BCUT2D eigenvalue weighted by molar-refractivity contribution is 0.111. The Balaban J connectivity index is 1.63. The molecule has 2 aromatic heterocycles. The lowest BCUT2D eigenvalue weighted by Crippen LogP contribution is -1.99. The maximum absolute atomic E-state index is 11.6. The Kier molecular flexibility index (Phi) is 5.79. The third-order valence-corrected chi connectivity index (χ3v) is 5.31. The molecule has 0 unspecified atom stereocenters. The summed E-state index contributed by atoms with van der Waals surface area (Å²) in [6, 6.07) is 16.4. The van der Waals surface area contributed by atoms with Crippen molar-refractivity contribution in [1.82, 2.24) is 30.4 Å². The first kappa shape index (κ1) is 19.7. The van der Waals surface area contributed by atoms with Gasteiger partial charge in [0.05, 0.1) is 5.69 Å². The summed E-state index contributed by atoms with van der Waals surface area (Å²) in [6.45, 7) is 2.16. The van der Waals surface area contributed by atoms with Gasteiger partial charge in [-0.1, -0.05) is 61.9 Å². The summed E-state index contributed by atoms with van der Waals surface area (Å²) in [5.41, 5.74) is 6.90. The molecular weight excluding hydrogens is 376 g/mol. The fourth-order valence-corrected chi connectivity index (χ4v) is 3.74. The van der Waals surface area contributed by atoms with Crippen LogP contribution in [0.4, 0.5) is 0 Å². The largest absolute Gasteiger partial charge is 0.296 e. The fraction of sp³-hybridized carbons (Fsp3) is 0.261. The monoisotopic (exact) mass is 400 g/mol. The minimum Gasteiger partial charge on any atom is -0.296 e. The smallest absolute Gasteiger partial charge is 0.205 e. The molecule has 0 amide bonds. The number of aromatic amines is 1. The molecule has 0 aliphatic heterocycles. The van der Waals surface area contributed by atoms with Crippen LogP contribution in [0.25, 0.3) is 22.5 Å². The third kappa shape index (κ3) is 3.91. The summed E-state index contributed by atoms with van der Waals surface area (Å²) in [5, 5.41) is 19.0. The molecule has 0 bridgehead atoms. The molecule has 4 rings (SSSR count). The van der Waals surface area contributed by atoms with Gasteiger partial charge in [-0.3, -0.25) is 9.48 Å². The molecule has 0 atom stereocenters. The fourth-order valence-electron chi connectivity index (χ4n) is 3.74. The topological polar surface area (TPSA) is 89.4 Å². The van der Waals surface area contributed by atoms with Crippen molar-refractivity contribution in [1.29, 1.82) is 0 Å². The summed E-state index contributed by atoms with van der Waals surface area (Å²) in [5.74, 6) is 0.571. The van der Waals surface area contributed by atoms with Crippen LogP contribution in [0.1, 0.15) is 47.1 Å². The van der Waals surface area contributed by atoms with Crippen LogP contribution in [0.15, 0.2) is 48.5 Å². The number of carbonyl (C=O) groups is 1. The minimum absolute atomic E-state index is 0.571. The normalized spacial score (nSPS) is 11.0. The van der Waals surface area contributed by atoms with Gasteiger partial charge in [-0.15, -0.1) is 10.2 Å². The number of unbranched alkanes of at least 4 members (excludes halogenated alkanes) is 1. The molecule has 0 spiro atoms. The van der Waals surface area contributed by atoms with Crippen molar-refractivity contribution in [3.8, 4) is 22.5 Å². The van der Waals surface area contributed by atoms with E-state index >= 15 is 0 Å². The average molecular weight is 400 g/mol. The third-order valence-electron chi connectivity index (χ3n) is 5.31. The number of hydrogen-bond donors (Lipinski definition) is 1. The molecule has 0 saturated carbocycles. The van der Waals surface area contributed by atoms with E-state index in [1.54, 1.807) is 4.68 Å². The summed E-state index contributed by atoms with van der Waals surface area (Å²) in [7, 11) is 1.83. The second kappa shape index (κ2) is 8.82. The summed E-state index contributed by atoms with van der Waals surface area (Å²) < 4.78 is 1.70. The van der Waals surface area contributed by atoms with Crippen molar-refractivity contribution < 1.29 is 4.79 Å². The van der Waals surface area contributed by atoms with E-state index in [0.717, 1.165) is 59.1 Å². The molecule has 0 radical (unpaired) electrons. The lowest BCUT2D eigenvalue weighted by Gasteiger charge is -2.09. The number of H-pyrrole nitrogens is 1. The summed E-state index contributed by atoms with van der Waals surface area (Å²) >= 11 is 0. The van der Waals surface area contributed by atoms with Gasteiger partial charge in [0.1, 0.15) is 5.69 Å². The maximum atomic E-state index is 11.6.